The van der Waals surface area contributed by atoms with Crippen molar-refractivity contribution in [3.05, 3.63) is 41.2 Å². The SMILES string of the molecule is C=CC(=O)N1CCC(n2nc(N3CCN(C4CCOCC4)CC34CCC4)c(-c3c(Cl)c(C)cc4[nH]ncc34)c2C)CC1. The molecule has 3 saturated heterocycles. The number of aromatic amines is 1. The third-order valence-electron chi connectivity index (χ3n) is 10.5. The Morgan fingerprint density at radius 3 is 2.55 bits per heavy atom. The van der Waals surface area contributed by atoms with Crippen LogP contribution < -0.4 is 4.90 Å². The first-order valence-electron chi connectivity index (χ1n) is 15.6. The summed E-state index contributed by atoms with van der Waals surface area (Å²) in [5.41, 5.74) is 5.40. The van der Waals surface area contributed by atoms with Crippen LogP contribution in [0.2, 0.25) is 5.02 Å². The number of ether oxygens (including phenoxy) is 1. The van der Waals surface area contributed by atoms with Crippen molar-refractivity contribution in [3.8, 4) is 11.1 Å². The normalized spacial score (nSPS) is 22.2. The zero-order valence-corrected chi connectivity index (χ0v) is 25.6. The van der Waals surface area contributed by atoms with Gasteiger partial charge in [0.05, 0.1) is 28.3 Å². The zero-order chi connectivity index (χ0) is 29.0. The molecule has 1 saturated carbocycles. The number of aromatic nitrogens is 4. The first-order valence-corrected chi connectivity index (χ1v) is 16.0. The van der Waals surface area contributed by atoms with Crippen LogP contribution in [0.1, 0.15) is 62.2 Å². The van der Waals surface area contributed by atoms with Gasteiger partial charge in [0.25, 0.3) is 0 Å². The number of nitrogens with one attached hydrogen (secondary N) is 1. The number of piperazine rings is 1. The number of rotatable bonds is 5. The van der Waals surface area contributed by atoms with Crippen LogP contribution >= 0.6 is 11.6 Å². The fourth-order valence-corrected chi connectivity index (χ4v) is 8.21. The Balaban J connectivity index is 1.32. The number of benzene rings is 1. The molecule has 3 aliphatic heterocycles. The van der Waals surface area contributed by atoms with Gasteiger partial charge in [-0.2, -0.15) is 10.2 Å². The average Bonchev–Trinajstić information content (AvgIpc) is 3.60. The number of likely N-dealkylation sites (tertiary alicyclic amines) is 1. The highest BCUT2D eigenvalue weighted by Gasteiger charge is 2.49. The van der Waals surface area contributed by atoms with Crippen LogP contribution in [0.3, 0.4) is 0 Å². The monoisotopic (exact) mass is 591 g/mol. The average molecular weight is 592 g/mol. The second-order valence-corrected chi connectivity index (χ2v) is 13.1. The molecule has 1 aliphatic carbocycles. The molecule has 9 nitrogen and oxygen atoms in total. The van der Waals surface area contributed by atoms with Gasteiger partial charge in [-0.15, -0.1) is 0 Å². The van der Waals surface area contributed by atoms with Crippen molar-refractivity contribution in [1.82, 2.24) is 29.8 Å². The Morgan fingerprint density at radius 1 is 1.10 bits per heavy atom. The topological polar surface area (TPSA) is 82.5 Å². The highest BCUT2D eigenvalue weighted by atomic mass is 35.5. The van der Waals surface area contributed by atoms with Crippen molar-refractivity contribution in [3.63, 3.8) is 0 Å². The van der Waals surface area contributed by atoms with Crippen LogP contribution in [0.5, 0.6) is 0 Å². The number of carbonyl (C=O) groups excluding carboxylic acids is 1. The van der Waals surface area contributed by atoms with Gasteiger partial charge in [-0.3, -0.25) is 19.5 Å². The Bertz CT molecular complexity index is 1490. The maximum atomic E-state index is 12.3. The minimum atomic E-state index is 0.00947. The summed E-state index contributed by atoms with van der Waals surface area (Å²) in [6, 6.07) is 2.91. The number of H-pyrrole nitrogens is 1. The van der Waals surface area contributed by atoms with E-state index in [1.54, 1.807) is 0 Å². The lowest BCUT2D eigenvalue weighted by Crippen LogP contribution is -2.67. The molecule has 7 rings (SSSR count). The molecule has 3 aromatic rings. The number of nitrogens with zero attached hydrogens (tertiary/aromatic N) is 6. The standard InChI is InChI=1S/C32H42ClN7O2/c1-4-27(41)37-12-6-24(7-13-37)40-22(3)28(29-25-19-34-35-26(25)18-21(2)30(29)33)31(36-40)39-15-14-38(20-32(39)10-5-11-32)23-8-16-42-17-9-23/h4,18-19,23-24H,1,5-17,20H2,2-3H3,(H,34,35). The maximum Gasteiger partial charge on any atom is 0.245 e. The predicted octanol–water partition coefficient (Wildman–Crippen LogP) is 5.27. The van der Waals surface area contributed by atoms with Crippen molar-refractivity contribution < 1.29 is 9.53 Å². The Hall–Kier alpha value is -2.88. The summed E-state index contributed by atoms with van der Waals surface area (Å²) in [6.07, 6.45) is 10.9. The molecular weight excluding hydrogens is 550 g/mol. The quantitative estimate of drug-likeness (QED) is 0.407. The van der Waals surface area contributed by atoms with Crippen molar-refractivity contribution in [2.24, 2.45) is 0 Å². The second kappa shape index (κ2) is 11.0. The molecule has 10 heteroatoms. The maximum absolute atomic E-state index is 12.3. The minimum absolute atomic E-state index is 0.00947. The molecule has 0 radical (unpaired) electrons. The fourth-order valence-electron chi connectivity index (χ4n) is 7.96. The Morgan fingerprint density at radius 2 is 1.86 bits per heavy atom. The van der Waals surface area contributed by atoms with Crippen LogP contribution in [0.15, 0.2) is 24.9 Å². The molecule has 224 valence electrons. The van der Waals surface area contributed by atoms with Crippen LogP contribution in [0, 0.1) is 13.8 Å². The lowest BCUT2D eigenvalue weighted by Gasteiger charge is -2.58. The molecule has 0 bridgehead atoms. The van der Waals surface area contributed by atoms with Crippen LogP contribution in [-0.4, -0.2) is 93.2 Å². The molecule has 5 heterocycles. The highest BCUT2D eigenvalue weighted by Crippen LogP contribution is 2.50. The zero-order valence-electron chi connectivity index (χ0n) is 24.9. The number of hydrogen-bond donors (Lipinski definition) is 1. The number of hydrogen-bond acceptors (Lipinski definition) is 6. The van der Waals surface area contributed by atoms with E-state index in [4.69, 9.17) is 21.4 Å². The molecule has 1 spiro atoms. The lowest BCUT2D eigenvalue weighted by atomic mass is 9.73. The van der Waals surface area contributed by atoms with Crippen molar-refractivity contribution in [1.29, 1.82) is 0 Å². The summed E-state index contributed by atoms with van der Waals surface area (Å²) in [5, 5.41) is 14.9. The van der Waals surface area contributed by atoms with Gasteiger partial charge in [0, 0.05) is 74.2 Å². The van der Waals surface area contributed by atoms with Gasteiger partial charge >= 0.3 is 0 Å². The molecule has 1 N–H and O–H groups in total. The molecule has 0 atom stereocenters. The van der Waals surface area contributed by atoms with Crippen molar-refractivity contribution in [2.75, 3.05) is 50.8 Å². The first-order chi connectivity index (χ1) is 20.4. The van der Waals surface area contributed by atoms with Gasteiger partial charge in [-0.1, -0.05) is 18.2 Å². The summed E-state index contributed by atoms with van der Waals surface area (Å²) in [6.45, 7) is 14.2. The third kappa shape index (κ3) is 4.55. The number of carbonyl (C=O) groups is 1. The van der Waals surface area contributed by atoms with E-state index in [-0.39, 0.29) is 17.5 Å². The summed E-state index contributed by atoms with van der Waals surface area (Å²) in [7, 11) is 0. The van der Waals surface area contributed by atoms with Gasteiger partial charge in [0.2, 0.25) is 5.91 Å². The van der Waals surface area contributed by atoms with E-state index >= 15 is 0 Å². The molecule has 1 amide bonds. The minimum Gasteiger partial charge on any atom is -0.381 e. The van der Waals surface area contributed by atoms with Gasteiger partial charge in [-0.25, -0.2) is 0 Å². The van der Waals surface area contributed by atoms with E-state index < -0.39 is 0 Å². The number of piperidine rings is 1. The van der Waals surface area contributed by atoms with E-state index in [2.05, 4.69) is 51.2 Å². The number of amides is 1. The van der Waals surface area contributed by atoms with Gasteiger partial charge in [0.1, 0.15) is 0 Å². The third-order valence-corrected chi connectivity index (χ3v) is 11.0. The Labute approximate surface area is 252 Å². The smallest absolute Gasteiger partial charge is 0.245 e. The number of anilines is 1. The highest BCUT2D eigenvalue weighted by molar-refractivity contribution is 6.36. The Kier molecular flexibility index (Phi) is 7.31. The van der Waals surface area contributed by atoms with Crippen molar-refractivity contribution in [2.45, 2.75) is 76.4 Å². The summed E-state index contributed by atoms with van der Waals surface area (Å²) in [4.78, 5) is 19.6. The van der Waals surface area contributed by atoms with E-state index in [1.807, 2.05) is 11.1 Å². The van der Waals surface area contributed by atoms with E-state index in [0.29, 0.717) is 19.1 Å². The fraction of sp³-hybridized carbons (Fsp3) is 0.594. The number of fused-ring (bicyclic) bond motifs is 1. The molecular formula is C32H42ClN7O2. The summed E-state index contributed by atoms with van der Waals surface area (Å²) in [5.74, 6) is 1.06. The molecule has 2 aromatic heterocycles. The summed E-state index contributed by atoms with van der Waals surface area (Å²) >= 11 is 7.18. The van der Waals surface area contributed by atoms with E-state index in [9.17, 15) is 4.79 Å². The van der Waals surface area contributed by atoms with E-state index in [0.717, 1.165) is 103 Å². The largest absolute Gasteiger partial charge is 0.381 e. The van der Waals surface area contributed by atoms with Crippen LogP contribution in [0.4, 0.5) is 5.82 Å². The van der Waals surface area contributed by atoms with Gasteiger partial charge in [0.15, 0.2) is 5.82 Å². The van der Waals surface area contributed by atoms with Gasteiger partial charge in [-0.05, 0) is 76.5 Å². The molecule has 4 fully saturated rings. The summed E-state index contributed by atoms with van der Waals surface area (Å²) < 4.78 is 7.94. The molecule has 42 heavy (non-hydrogen) atoms. The van der Waals surface area contributed by atoms with Gasteiger partial charge < -0.3 is 14.5 Å². The number of aryl methyl sites for hydroxylation is 1. The number of halogens is 1. The first kappa shape index (κ1) is 27.9. The van der Waals surface area contributed by atoms with Crippen LogP contribution in [0.25, 0.3) is 22.0 Å². The molecule has 1 aromatic carbocycles. The van der Waals surface area contributed by atoms with E-state index in [1.165, 1.54) is 25.3 Å². The predicted molar refractivity (Wildman–Crippen MR) is 166 cm³/mol. The lowest BCUT2D eigenvalue weighted by molar-refractivity contribution is -0.127. The second-order valence-electron chi connectivity index (χ2n) is 12.7. The molecule has 4 aliphatic rings. The van der Waals surface area contributed by atoms with Crippen molar-refractivity contribution >= 4 is 34.2 Å². The molecule has 0 unspecified atom stereocenters. The van der Waals surface area contributed by atoms with Crippen LogP contribution in [-0.2, 0) is 9.53 Å².